The highest BCUT2D eigenvalue weighted by Crippen LogP contribution is 2.20. The van der Waals surface area contributed by atoms with E-state index in [1.807, 2.05) is 18.7 Å². The maximum absolute atomic E-state index is 12.1. The van der Waals surface area contributed by atoms with E-state index in [1.165, 1.54) is 4.90 Å². The molecule has 23 heavy (non-hydrogen) atoms. The Morgan fingerprint density at radius 1 is 1.26 bits per heavy atom. The van der Waals surface area contributed by atoms with Crippen LogP contribution in [0.1, 0.15) is 26.7 Å². The van der Waals surface area contributed by atoms with E-state index in [9.17, 15) is 19.2 Å². The van der Waals surface area contributed by atoms with Gasteiger partial charge in [0, 0.05) is 38.0 Å². The van der Waals surface area contributed by atoms with Crippen LogP contribution in [0.5, 0.6) is 0 Å². The first-order chi connectivity index (χ1) is 10.9. The van der Waals surface area contributed by atoms with Crippen molar-refractivity contribution < 1.29 is 19.2 Å². The number of carbonyl (C=O) groups excluding carboxylic acids is 4. The Bertz CT molecular complexity index is 485. The van der Waals surface area contributed by atoms with Crippen molar-refractivity contribution in [2.45, 2.75) is 26.7 Å². The molecule has 0 saturated carbocycles. The van der Waals surface area contributed by atoms with Gasteiger partial charge >= 0.3 is 0 Å². The number of nitrogens with one attached hydrogen (secondary N) is 1. The van der Waals surface area contributed by atoms with Gasteiger partial charge in [-0.3, -0.25) is 24.1 Å². The lowest BCUT2D eigenvalue weighted by atomic mass is 9.95. The summed E-state index contributed by atoms with van der Waals surface area (Å²) in [5, 5.41) is 2.54. The third kappa shape index (κ3) is 4.46. The highest BCUT2D eigenvalue weighted by Gasteiger charge is 2.30. The van der Waals surface area contributed by atoms with Gasteiger partial charge in [0.2, 0.25) is 17.7 Å². The van der Waals surface area contributed by atoms with Crippen molar-refractivity contribution in [3.8, 4) is 0 Å². The van der Waals surface area contributed by atoms with Crippen LogP contribution in [0, 0.1) is 11.8 Å². The molecule has 2 rings (SSSR count). The molecule has 8 heteroatoms. The Hall–Kier alpha value is -1.57. The monoisotopic (exact) mass is 341 g/mol. The van der Waals surface area contributed by atoms with Crippen LogP contribution in [-0.2, 0) is 14.4 Å². The summed E-state index contributed by atoms with van der Waals surface area (Å²) in [6.07, 6.45) is 1.31. The highest BCUT2D eigenvalue weighted by molar-refractivity contribution is 8.14. The van der Waals surface area contributed by atoms with Crippen LogP contribution in [0.25, 0.3) is 0 Å². The number of nitrogens with zero attached hydrogens (tertiary/aromatic N) is 2. The third-order valence-corrected chi connectivity index (χ3v) is 5.01. The Morgan fingerprint density at radius 3 is 2.43 bits per heavy atom. The van der Waals surface area contributed by atoms with Crippen LogP contribution < -0.4 is 5.32 Å². The maximum atomic E-state index is 12.1. The number of amides is 4. The van der Waals surface area contributed by atoms with Gasteiger partial charge in [-0.1, -0.05) is 25.6 Å². The number of hydrogen-bond acceptors (Lipinski definition) is 5. The molecule has 4 amide bonds. The topological polar surface area (TPSA) is 86.8 Å². The van der Waals surface area contributed by atoms with Crippen LogP contribution in [0.2, 0.25) is 0 Å². The maximum Gasteiger partial charge on any atom is 0.288 e. The van der Waals surface area contributed by atoms with E-state index in [2.05, 4.69) is 5.32 Å². The molecular formula is C15H23N3O4S. The summed E-state index contributed by atoms with van der Waals surface area (Å²) in [6.45, 7) is 5.47. The van der Waals surface area contributed by atoms with E-state index >= 15 is 0 Å². The van der Waals surface area contributed by atoms with Crippen LogP contribution in [0.4, 0.5) is 4.79 Å². The van der Waals surface area contributed by atoms with E-state index in [0.717, 1.165) is 11.8 Å². The SMILES string of the molecule is CC(C)C(=O)N1CCC(C(=O)NCCN2C(=O)CSC2=O)CC1. The average molecular weight is 341 g/mol. The summed E-state index contributed by atoms with van der Waals surface area (Å²) >= 11 is 0.993. The number of hydrogen-bond donors (Lipinski definition) is 1. The lowest BCUT2D eigenvalue weighted by Gasteiger charge is -2.32. The molecule has 2 aliphatic rings. The van der Waals surface area contributed by atoms with Crippen molar-refractivity contribution in [2.24, 2.45) is 11.8 Å². The molecule has 0 spiro atoms. The predicted molar refractivity (Wildman–Crippen MR) is 86.7 cm³/mol. The van der Waals surface area contributed by atoms with Crippen LogP contribution >= 0.6 is 11.8 Å². The lowest BCUT2D eigenvalue weighted by molar-refractivity contribution is -0.138. The number of piperidine rings is 1. The molecule has 0 aromatic heterocycles. The summed E-state index contributed by atoms with van der Waals surface area (Å²) in [5.74, 6) is -0.0651. The van der Waals surface area contributed by atoms with Gasteiger partial charge < -0.3 is 10.2 Å². The van der Waals surface area contributed by atoms with Crippen molar-refractivity contribution in [1.29, 1.82) is 0 Å². The molecule has 0 aromatic rings. The minimum absolute atomic E-state index is 0.0196. The normalized spacial score (nSPS) is 19.6. The number of imide groups is 1. The van der Waals surface area contributed by atoms with Crippen molar-refractivity contribution in [3.63, 3.8) is 0 Å². The van der Waals surface area contributed by atoms with Crippen molar-refractivity contribution in [1.82, 2.24) is 15.1 Å². The Kier molecular flexibility index (Phi) is 6.04. The highest BCUT2D eigenvalue weighted by atomic mass is 32.2. The van der Waals surface area contributed by atoms with E-state index < -0.39 is 0 Å². The number of rotatable bonds is 5. The summed E-state index contributed by atoms with van der Waals surface area (Å²) in [4.78, 5) is 49.9. The molecular weight excluding hydrogens is 318 g/mol. The Morgan fingerprint density at radius 2 is 1.91 bits per heavy atom. The average Bonchev–Trinajstić information content (AvgIpc) is 2.86. The molecule has 0 unspecified atom stereocenters. The smallest absolute Gasteiger partial charge is 0.288 e. The molecule has 128 valence electrons. The van der Waals surface area contributed by atoms with E-state index in [4.69, 9.17) is 0 Å². The molecule has 0 bridgehead atoms. The van der Waals surface area contributed by atoms with Crippen molar-refractivity contribution >= 4 is 34.7 Å². The summed E-state index contributed by atoms with van der Waals surface area (Å²) in [5.41, 5.74) is 0. The van der Waals surface area contributed by atoms with Crippen LogP contribution in [0.15, 0.2) is 0 Å². The van der Waals surface area contributed by atoms with Gasteiger partial charge in [-0.2, -0.15) is 0 Å². The summed E-state index contributed by atoms with van der Waals surface area (Å²) in [6, 6.07) is 0. The molecule has 0 aliphatic carbocycles. The molecule has 2 fully saturated rings. The minimum Gasteiger partial charge on any atom is -0.354 e. The molecule has 2 aliphatic heterocycles. The van der Waals surface area contributed by atoms with Gasteiger partial charge in [0.25, 0.3) is 5.24 Å². The first-order valence-corrected chi connectivity index (χ1v) is 8.92. The zero-order valence-electron chi connectivity index (χ0n) is 13.5. The predicted octanol–water partition coefficient (Wildman–Crippen LogP) is 0.693. The molecule has 0 radical (unpaired) electrons. The van der Waals surface area contributed by atoms with Crippen molar-refractivity contribution in [3.05, 3.63) is 0 Å². The summed E-state index contributed by atoms with van der Waals surface area (Å²) < 4.78 is 0. The first-order valence-electron chi connectivity index (χ1n) is 7.93. The van der Waals surface area contributed by atoms with Gasteiger partial charge in [0.1, 0.15) is 0 Å². The quantitative estimate of drug-likeness (QED) is 0.795. The fraction of sp³-hybridized carbons (Fsp3) is 0.733. The molecule has 7 nitrogen and oxygen atoms in total. The van der Waals surface area contributed by atoms with Crippen LogP contribution in [0.3, 0.4) is 0 Å². The Labute approximate surface area is 140 Å². The van der Waals surface area contributed by atoms with Gasteiger partial charge in [0.05, 0.1) is 5.75 Å². The first kappa shape index (κ1) is 17.8. The second kappa shape index (κ2) is 7.81. The molecule has 0 aromatic carbocycles. The summed E-state index contributed by atoms with van der Waals surface area (Å²) in [7, 11) is 0. The largest absolute Gasteiger partial charge is 0.354 e. The molecule has 2 saturated heterocycles. The van der Waals surface area contributed by atoms with Gasteiger partial charge in [-0.15, -0.1) is 0 Å². The van der Waals surface area contributed by atoms with Gasteiger partial charge in [-0.05, 0) is 12.8 Å². The second-order valence-corrected chi connectivity index (χ2v) is 7.07. The Balaban J connectivity index is 1.70. The number of thioether (sulfide) groups is 1. The van der Waals surface area contributed by atoms with Gasteiger partial charge in [0.15, 0.2) is 0 Å². The third-order valence-electron chi connectivity index (χ3n) is 4.15. The zero-order chi connectivity index (χ0) is 17.0. The minimum atomic E-state index is -0.246. The fourth-order valence-electron chi connectivity index (χ4n) is 2.76. The van der Waals surface area contributed by atoms with Crippen molar-refractivity contribution in [2.75, 3.05) is 31.9 Å². The van der Waals surface area contributed by atoms with Crippen LogP contribution in [-0.4, -0.2) is 64.7 Å². The second-order valence-electron chi connectivity index (χ2n) is 6.15. The number of carbonyl (C=O) groups is 4. The molecule has 1 N–H and O–H groups in total. The van der Waals surface area contributed by atoms with Gasteiger partial charge in [-0.25, -0.2) is 0 Å². The zero-order valence-corrected chi connectivity index (χ0v) is 14.4. The fourth-order valence-corrected chi connectivity index (χ4v) is 3.51. The van der Waals surface area contributed by atoms with E-state index in [1.54, 1.807) is 0 Å². The number of likely N-dealkylation sites (tertiary alicyclic amines) is 1. The lowest BCUT2D eigenvalue weighted by Crippen LogP contribution is -2.45. The molecule has 0 atom stereocenters. The van der Waals surface area contributed by atoms with E-state index in [-0.39, 0.29) is 53.6 Å². The molecule has 2 heterocycles. The van der Waals surface area contributed by atoms with E-state index in [0.29, 0.717) is 25.9 Å². The standard InChI is InChI=1S/C15H23N3O4S/c1-10(2)14(21)17-6-3-11(4-7-17)13(20)16-5-8-18-12(19)9-23-15(18)22/h10-11H,3-9H2,1-2H3,(H,16,20).